The molecule has 4 nitrogen and oxygen atoms in total. The van der Waals surface area contributed by atoms with Gasteiger partial charge in [0.25, 0.3) is 0 Å². The summed E-state index contributed by atoms with van der Waals surface area (Å²) in [4.78, 5) is 14.7. The molecule has 1 amide bonds. The fraction of sp³-hybridized carbons (Fsp3) is 0.292. The number of carbonyl (C=O) groups is 1. The Bertz CT molecular complexity index is 940. The number of likely N-dealkylation sites (N-methyl/N-ethyl adjacent to an activating group) is 1. The van der Waals surface area contributed by atoms with Crippen molar-refractivity contribution >= 4 is 16.7 Å². The highest BCUT2D eigenvalue weighted by Crippen LogP contribution is 2.22. The second-order valence-electron chi connectivity index (χ2n) is 7.28. The molecule has 2 unspecified atom stereocenters. The molecule has 0 spiro atoms. The Morgan fingerprint density at radius 2 is 1.68 bits per heavy atom. The molecular formula is C24H28N2O2. The fourth-order valence-corrected chi connectivity index (χ4v) is 3.28. The van der Waals surface area contributed by atoms with E-state index < -0.39 is 0 Å². The maximum absolute atomic E-state index is 12.7. The van der Waals surface area contributed by atoms with Crippen LogP contribution < -0.4 is 10.1 Å². The lowest BCUT2D eigenvalue weighted by molar-refractivity contribution is -0.126. The van der Waals surface area contributed by atoms with Gasteiger partial charge in [0.2, 0.25) is 5.91 Å². The molecule has 28 heavy (non-hydrogen) atoms. The van der Waals surface area contributed by atoms with Gasteiger partial charge < -0.3 is 10.1 Å². The average Bonchev–Trinajstić information content (AvgIpc) is 2.73. The van der Waals surface area contributed by atoms with Crippen molar-refractivity contribution in [3.05, 3.63) is 77.9 Å². The number of benzene rings is 3. The number of amides is 1. The molecule has 1 N–H and O–H groups in total. The summed E-state index contributed by atoms with van der Waals surface area (Å²) in [5.41, 5.74) is 2.28. The fourth-order valence-electron chi connectivity index (χ4n) is 3.28. The molecule has 2 atom stereocenters. The molecular weight excluding hydrogens is 348 g/mol. The van der Waals surface area contributed by atoms with Crippen LogP contribution in [0.3, 0.4) is 0 Å². The topological polar surface area (TPSA) is 41.6 Å². The Balaban J connectivity index is 1.63. The highest BCUT2D eigenvalue weighted by molar-refractivity contribution is 5.84. The van der Waals surface area contributed by atoms with Gasteiger partial charge in [0.15, 0.2) is 0 Å². The lowest BCUT2D eigenvalue weighted by Gasteiger charge is -2.26. The van der Waals surface area contributed by atoms with Crippen molar-refractivity contribution in [2.24, 2.45) is 0 Å². The van der Waals surface area contributed by atoms with Crippen molar-refractivity contribution in [3.8, 4) is 5.75 Å². The van der Waals surface area contributed by atoms with Gasteiger partial charge in [0.1, 0.15) is 5.75 Å². The number of carbonyl (C=O) groups excluding carboxylic acids is 1. The van der Waals surface area contributed by atoms with Gasteiger partial charge >= 0.3 is 0 Å². The van der Waals surface area contributed by atoms with Gasteiger partial charge in [-0.05, 0) is 61.0 Å². The van der Waals surface area contributed by atoms with Crippen LogP contribution >= 0.6 is 0 Å². The van der Waals surface area contributed by atoms with Crippen LogP contribution in [0, 0.1) is 0 Å². The van der Waals surface area contributed by atoms with Crippen LogP contribution in [0.2, 0.25) is 0 Å². The minimum atomic E-state index is -0.224. The minimum absolute atomic E-state index is 0.0137. The third-order valence-electron chi connectivity index (χ3n) is 5.24. The number of hydrogen-bond donors (Lipinski definition) is 1. The van der Waals surface area contributed by atoms with Gasteiger partial charge in [-0.1, -0.05) is 48.5 Å². The molecule has 0 aromatic heterocycles. The van der Waals surface area contributed by atoms with E-state index in [0.29, 0.717) is 6.54 Å². The van der Waals surface area contributed by atoms with Crippen molar-refractivity contribution in [1.82, 2.24) is 10.2 Å². The summed E-state index contributed by atoms with van der Waals surface area (Å²) in [5, 5.41) is 5.42. The highest BCUT2D eigenvalue weighted by Gasteiger charge is 2.20. The number of hydrogen-bond acceptors (Lipinski definition) is 3. The number of methoxy groups -OCH3 is 1. The van der Waals surface area contributed by atoms with Gasteiger partial charge in [-0.15, -0.1) is 0 Å². The zero-order chi connectivity index (χ0) is 20.1. The summed E-state index contributed by atoms with van der Waals surface area (Å²) in [5.74, 6) is 0.888. The molecule has 0 saturated heterocycles. The van der Waals surface area contributed by atoms with Crippen LogP contribution in [0.4, 0.5) is 0 Å². The number of nitrogens with one attached hydrogen (secondary N) is 1. The summed E-state index contributed by atoms with van der Waals surface area (Å²) in [6.07, 6.45) is 0. The first-order valence-corrected chi connectivity index (χ1v) is 9.60. The van der Waals surface area contributed by atoms with Gasteiger partial charge in [-0.2, -0.15) is 0 Å². The normalized spacial score (nSPS) is 13.3. The van der Waals surface area contributed by atoms with E-state index in [1.54, 1.807) is 7.11 Å². The number of nitrogens with zero attached hydrogens (tertiary/aromatic N) is 1. The van der Waals surface area contributed by atoms with Crippen molar-refractivity contribution < 1.29 is 9.53 Å². The Morgan fingerprint density at radius 3 is 2.39 bits per heavy atom. The molecule has 0 radical (unpaired) electrons. The zero-order valence-corrected chi connectivity index (χ0v) is 17.0. The summed E-state index contributed by atoms with van der Waals surface area (Å²) in [6.45, 7) is 4.66. The standard InChI is InChI=1S/C24H28N2O2/c1-17(20-8-6-5-7-9-20)25-24(27)18(2)26(3)16-19-10-11-22-15-23(28-4)13-12-21(22)14-19/h5-15,17-18H,16H2,1-4H3,(H,25,27). The van der Waals surface area contributed by atoms with E-state index in [2.05, 4.69) is 34.5 Å². The predicted molar refractivity (Wildman–Crippen MR) is 114 cm³/mol. The molecule has 4 heteroatoms. The molecule has 0 bridgehead atoms. The Hall–Kier alpha value is -2.85. The molecule has 0 aliphatic carbocycles. The first-order valence-electron chi connectivity index (χ1n) is 9.60. The molecule has 3 rings (SSSR count). The molecule has 0 aliphatic heterocycles. The van der Waals surface area contributed by atoms with E-state index in [0.717, 1.165) is 16.7 Å². The maximum atomic E-state index is 12.7. The smallest absolute Gasteiger partial charge is 0.237 e. The van der Waals surface area contributed by atoms with E-state index in [1.807, 2.05) is 63.4 Å². The third kappa shape index (κ3) is 4.70. The van der Waals surface area contributed by atoms with Crippen LogP contribution in [0.15, 0.2) is 66.7 Å². The monoisotopic (exact) mass is 376 g/mol. The van der Waals surface area contributed by atoms with Crippen molar-refractivity contribution in [2.45, 2.75) is 32.5 Å². The molecule has 3 aromatic rings. The Morgan fingerprint density at radius 1 is 1.00 bits per heavy atom. The van der Waals surface area contributed by atoms with E-state index in [9.17, 15) is 4.79 Å². The quantitative estimate of drug-likeness (QED) is 0.658. The van der Waals surface area contributed by atoms with Crippen LogP contribution in [0.5, 0.6) is 5.75 Å². The van der Waals surface area contributed by atoms with E-state index in [4.69, 9.17) is 4.74 Å². The third-order valence-corrected chi connectivity index (χ3v) is 5.24. The lowest BCUT2D eigenvalue weighted by atomic mass is 10.1. The summed E-state index contributed by atoms with van der Waals surface area (Å²) in [6, 6.07) is 22.2. The van der Waals surface area contributed by atoms with Gasteiger partial charge in [0, 0.05) is 6.54 Å². The average molecular weight is 377 g/mol. The molecule has 0 heterocycles. The Labute approximate surface area is 167 Å². The van der Waals surface area contributed by atoms with Crippen LogP contribution in [-0.4, -0.2) is 31.0 Å². The number of ether oxygens (including phenoxy) is 1. The van der Waals surface area contributed by atoms with Crippen LogP contribution in [-0.2, 0) is 11.3 Å². The van der Waals surface area contributed by atoms with Crippen molar-refractivity contribution in [3.63, 3.8) is 0 Å². The SMILES string of the molecule is COc1ccc2cc(CN(C)C(C)C(=O)NC(C)c3ccccc3)ccc2c1. The molecule has 146 valence electrons. The lowest BCUT2D eigenvalue weighted by Crippen LogP contribution is -2.43. The van der Waals surface area contributed by atoms with Gasteiger partial charge in [0.05, 0.1) is 19.2 Å². The predicted octanol–water partition coefficient (Wildman–Crippen LogP) is 4.55. The summed E-state index contributed by atoms with van der Waals surface area (Å²) >= 11 is 0. The van der Waals surface area contributed by atoms with E-state index >= 15 is 0 Å². The number of fused-ring (bicyclic) bond motifs is 1. The second kappa shape index (κ2) is 8.89. The van der Waals surface area contributed by atoms with Crippen molar-refractivity contribution in [2.75, 3.05) is 14.2 Å². The molecule has 3 aromatic carbocycles. The molecule has 0 fully saturated rings. The Kier molecular flexibility index (Phi) is 6.32. The van der Waals surface area contributed by atoms with Crippen LogP contribution in [0.1, 0.15) is 31.0 Å². The molecule has 0 aliphatic rings. The summed E-state index contributed by atoms with van der Waals surface area (Å²) < 4.78 is 5.29. The van der Waals surface area contributed by atoms with Gasteiger partial charge in [-0.25, -0.2) is 0 Å². The first-order chi connectivity index (χ1) is 13.5. The van der Waals surface area contributed by atoms with Crippen molar-refractivity contribution in [1.29, 1.82) is 0 Å². The largest absolute Gasteiger partial charge is 0.497 e. The number of rotatable bonds is 7. The highest BCUT2D eigenvalue weighted by atomic mass is 16.5. The second-order valence-corrected chi connectivity index (χ2v) is 7.28. The first kappa shape index (κ1) is 19.9. The van der Waals surface area contributed by atoms with E-state index in [-0.39, 0.29) is 18.0 Å². The summed E-state index contributed by atoms with van der Waals surface area (Å²) in [7, 11) is 3.66. The zero-order valence-electron chi connectivity index (χ0n) is 17.0. The van der Waals surface area contributed by atoms with Gasteiger partial charge in [-0.3, -0.25) is 9.69 Å². The molecule has 0 saturated carbocycles. The minimum Gasteiger partial charge on any atom is -0.497 e. The maximum Gasteiger partial charge on any atom is 0.237 e. The van der Waals surface area contributed by atoms with Crippen LogP contribution in [0.25, 0.3) is 10.8 Å². The van der Waals surface area contributed by atoms with E-state index in [1.165, 1.54) is 10.9 Å².